The molecule has 0 radical (unpaired) electrons. The number of urea groups is 1. The minimum absolute atomic E-state index is 0.0621. The lowest BCUT2D eigenvalue weighted by Crippen LogP contribution is -2.44. The van der Waals surface area contributed by atoms with Crippen molar-refractivity contribution < 1.29 is 18.0 Å². The van der Waals surface area contributed by atoms with Gasteiger partial charge in [-0.1, -0.05) is 0 Å². The Morgan fingerprint density at radius 2 is 2.26 bits per heavy atom. The largest absolute Gasteiger partial charge is 0.401 e. The minimum Gasteiger partial charge on any atom is -0.338 e. The van der Waals surface area contributed by atoms with Crippen LogP contribution in [0.3, 0.4) is 0 Å². The van der Waals surface area contributed by atoms with Crippen molar-refractivity contribution in [2.24, 2.45) is 5.92 Å². The van der Waals surface area contributed by atoms with Gasteiger partial charge in [0.2, 0.25) is 0 Å². The topological polar surface area (TPSA) is 62.2 Å². The van der Waals surface area contributed by atoms with Crippen molar-refractivity contribution in [1.29, 1.82) is 0 Å². The number of rotatable bonds is 6. The van der Waals surface area contributed by atoms with E-state index < -0.39 is 12.7 Å². The molecule has 2 unspecified atom stereocenters. The van der Waals surface area contributed by atoms with Crippen LogP contribution in [0.2, 0.25) is 0 Å². The number of hydrogen-bond donors (Lipinski definition) is 2. The lowest BCUT2D eigenvalue weighted by atomic mass is 10.1. The molecule has 6 nitrogen and oxygen atoms in total. The molecule has 0 bridgehead atoms. The Morgan fingerprint density at radius 1 is 1.48 bits per heavy atom. The lowest BCUT2D eigenvalue weighted by molar-refractivity contribution is -0.143. The predicted octanol–water partition coefficient (Wildman–Crippen LogP) is 1.45. The molecule has 1 aromatic heterocycles. The van der Waals surface area contributed by atoms with E-state index in [1.165, 1.54) is 4.90 Å². The molecule has 0 saturated carbocycles. The van der Waals surface area contributed by atoms with Crippen molar-refractivity contribution >= 4 is 6.03 Å². The third-order valence-corrected chi connectivity index (χ3v) is 3.75. The molecule has 1 aliphatic rings. The summed E-state index contributed by atoms with van der Waals surface area (Å²) in [5, 5.41) is 5.53. The summed E-state index contributed by atoms with van der Waals surface area (Å²) >= 11 is 0. The number of likely N-dealkylation sites (tertiary alicyclic amines) is 1. The Kier molecular flexibility index (Phi) is 5.86. The van der Waals surface area contributed by atoms with Crippen LogP contribution in [0.5, 0.6) is 0 Å². The fourth-order valence-corrected chi connectivity index (χ4v) is 2.75. The second-order valence-electron chi connectivity index (χ2n) is 6.02. The maximum absolute atomic E-state index is 12.3. The fraction of sp³-hybridized carbons (Fsp3) is 0.714. The molecule has 130 valence electrons. The molecule has 1 aromatic rings. The zero-order valence-corrected chi connectivity index (χ0v) is 13.0. The van der Waals surface area contributed by atoms with Gasteiger partial charge in [-0.2, -0.15) is 13.2 Å². The number of nitrogens with one attached hydrogen (secondary N) is 2. The second kappa shape index (κ2) is 7.67. The maximum atomic E-state index is 12.3. The average Bonchev–Trinajstić information content (AvgIpc) is 3.06. The standard InChI is InChI=1S/C14H22F3N5O/c1-11(7-22-5-3-18-10-22)20-13(23)19-6-12-2-4-21(8-12)9-14(15,16)17/h3,5,10-12H,2,4,6-9H2,1H3,(H2,19,20,23). The smallest absolute Gasteiger partial charge is 0.338 e. The van der Waals surface area contributed by atoms with Gasteiger partial charge in [-0.3, -0.25) is 4.90 Å². The number of imidazole rings is 1. The minimum atomic E-state index is -4.16. The average molecular weight is 333 g/mol. The van der Waals surface area contributed by atoms with Gasteiger partial charge in [0.05, 0.1) is 12.9 Å². The van der Waals surface area contributed by atoms with Gasteiger partial charge in [0.1, 0.15) is 0 Å². The monoisotopic (exact) mass is 333 g/mol. The SMILES string of the molecule is CC(Cn1ccnc1)NC(=O)NCC1CCN(CC(F)(F)F)C1. The highest BCUT2D eigenvalue weighted by molar-refractivity contribution is 5.74. The molecular weight excluding hydrogens is 311 g/mol. The number of alkyl halides is 3. The van der Waals surface area contributed by atoms with E-state index in [4.69, 9.17) is 0 Å². The van der Waals surface area contributed by atoms with Crippen molar-refractivity contribution in [3.05, 3.63) is 18.7 Å². The second-order valence-corrected chi connectivity index (χ2v) is 6.02. The van der Waals surface area contributed by atoms with Crippen LogP contribution in [0, 0.1) is 5.92 Å². The van der Waals surface area contributed by atoms with Crippen LogP contribution < -0.4 is 10.6 Å². The molecule has 2 amide bonds. The molecule has 9 heteroatoms. The van der Waals surface area contributed by atoms with Crippen LogP contribution in [0.1, 0.15) is 13.3 Å². The van der Waals surface area contributed by atoms with Crippen molar-refractivity contribution in [1.82, 2.24) is 25.1 Å². The number of aromatic nitrogens is 2. The molecule has 0 aliphatic carbocycles. The lowest BCUT2D eigenvalue weighted by Gasteiger charge is -2.19. The van der Waals surface area contributed by atoms with Gasteiger partial charge in [-0.25, -0.2) is 9.78 Å². The Bertz CT molecular complexity index is 491. The van der Waals surface area contributed by atoms with Gasteiger partial charge in [0, 0.05) is 38.1 Å². The molecule has 2 N–H and O–H groups in total. The Morgan fingerprint density at radius 3 is 2.91 bits per heavy atom. The van der Waals surface area contributed by atoms with Crippen LogP contribution in [0.25, 0.3) is 0 Å². The van der Waals surface area contributed by atoms with Crippen LogP contribution in [-0.4, -0.2) is 58.9 Å². The molecule has 2 heterocycles. The highest BCUT2D eigenvalue weighted by Gasteiger charge is 2.34. The number of nitrogens with zero attached hydrogens (tertiary/aromatic N) is 3. The molecule has 2 atom stereocenters. The van der Waals surface area contributed by atoms with E-state index in [-0.39, 0.29) is 18.0 Å². The van der Waals surface area contributed by atoms with Gasteiger partial charge in [0.25, 0.3) is 0 Å². The van der Waals surface area contributed by atoms with E-state index in [0.717, 1.165) is 0 Å². The van der Waals surface area contributed by atoms with E-state index in [1.807, 2.05) is 17.7 Å². The quantitative estimate of drug-likeness (QED) is 0.828. The van der Waals surface area contributed by atoms with Gasteiger partial charge in [-0.05, 0) is 25.8 Å². The van der Waals surface area contributed by atoms with Gasteiger partial charge >= 0.3 is 12.2 Å². The van der Waals surface area contributed by atoms with E-state index >= 15 is 0 Å². The summed E-state index contributed by atoms with van der Waals surface area (Å²) in [6, 6.07) is -0.374. The van der Waals surface area contributed by atoms with Crippen molar-refractivity contribution in [2.75, 3.05) is 26.2 Å². The predicted molar refractivity (Wildman–Crippen MR) is 78.8 cm³/mol. The highest BCUT2D eigenvalue weighted by Crippen LogP contribution is 2.22. The first kappa shape index (κ1) is 17.6. The summed E-state index contributed by atoms with van der Waals surface area (Å²) in [6.45, 7) is 2.78. The highest BCUT2D eigenvalue weighted by atomic mass is 19.4. The summed E-state index contributed by atoms with van der Waals surface area (Å²) in [6.07, 6.45) is 1.65. The van der Waals surface area contributed by atoms with E-state index in [1.54, 1.807) is 12.5 Å². The first-order chi connectivity index (χ1) is 10.8. The molecule has 23 heavy (non-hydrogen) atoms. The zero-order valence-electron chi connectivity index (χ0n) is 13.0. The Balaban J connectivity index is 1.63. The molecule has 2 rings (SSSR count). The molecule has 0 spiro atoms. The van der Waals surface area contributed by atoms with Crippen LogP contribution in [0.4, 0.5) is 18.0 Å². The molecular formula is C14H22F3N5O. The molecule has 1 aliphatic heterocycles. The number of hydrogen-bond acceptors (Lipinski definition) is 3. The fourth-order valence-electron chi connectivity index (χ4n) is 2.75. The molecule has 1 fully saturated rings. The summed E-state index contributed by atoms with van der Waals surface area (Å²) < 4.78 is 38.8. The Labute approximate surface area is 133 Å². The number of halogens is 3. The first-order valence-corrected chi connectivity index (χ1v) is 7.61. The third kappa shape index (κ3) is 6.47. The normalized spacial score (nSPS) is 20.4. The number of amides is 2. The van der Waals surface area contributed by atoms with Gasteiger partial charge in [-0.15, -0.1) is 0 Å². The summed E-state index contributed by atoms with van der Waals surface area (Å²) in [5.74, 6) is 0.0621. The van der Waals surface area contributed by atoms with Crippen LogP contribution in [-0.2, 0) is 6.54 Å². The van der Waals surface area contributed by atoms with E-state index in [9.17, 15) is 18.0 Å². The first-order valence-electron chi connectivity index (χ1n) is 7.61. The summed E-state index contributed by atoms with van der Waals surface area (Å²) in [5.41, 5.74) is 0. The van der Waals surface area contributed by atoms with Crippen LogP contribution in [0.15, 0.2) is 18.7 Å². The molecule has 0 aromatic carbocycles. The summed E-state index contributed by atoms with van der Waals surface area (Å²) in [4.78, 5) is 17.1. The maximum Gasteiger partial charge on any atom is 0.401 e. The van der Waals surface area contributed by atoms with Crippen molar-refractivity contribution in [3.63, 3.8) is 0 Å². The van der Waals surface area contributed by atoms with Crippen LogP contribution >= 0.6 is 0 Å². The zero-order chi connectivity index (χ0) is 16.9. The third-order valence-electron chi connectivity index (χ3n) is 3.75. The van der Waals surface area contributed by atoms with E-state index in [2.05, 4.69) is 15.6 Å². The van der Waals surface area contributed by atoms with Gasteiger partial charge < -0.3 is 15.2 Å². The van der Waals surface area contributed by atoms with Crippen molar-refractivity contribution in [3.8, 4) is 0 Å². The Hall–Kier alpha value is -1.77. The van der Waals surface area contributed by atoms with Gasteiger partial charge in [0.15, 0.2) is 0 Å². The van der Waals surface area contributed by atoms with E-state index in [0.29, 0.717) is 32.6 Å². The number of carbonyl (C=O) groups excluding carboxylic acids is 1. The number of carbonyl (C=O) groups is 1. The molecule has 1 saturated heterocycles. The summed E-state index contributed by atoms with van der Waals surface area (Å²) in [7, 11) is 0. The van der Waals surface area contributed by atoms with Crippen molar-refractivity contribution in [2.45, 2.75) is 32.1 Å².